The van der Waals surface area contributed by atoms with Crippen molar-refractivity contribution >= 4 is 0 Å². The Kier molecular flexibility index (Phi) is 5.00. The molecular weight excluding hydrogens is 208 g/mol. The van der Waals surface area contributed by atoms with Crippen LogP contribution >= 0.6 is 0 Å². The minimum absolute atomic E-state index is 0.908. The van der Waals surface area contributed by atoms with Crippen LogP contribution in [-0.4, -0.2) is 10.7 Å². The number of hydrogen-bond donors (Lipinski definition) is 1. The lowest BCUT2D eigenvalue weighted by Crippen LogP contribution is -2.14. The molecule has 1 aromatic carbocycles. The van der Waals surface area contributed by atoms with Crippen LogP contribution in [0.25, 0.3) is 0 Å². The first-order valence-electron chi connectivity index (χ1n) is 5.93. The van der Waals surface area contributed by atoms with E-state index in [0.717, 1.165) is 18.4 Å². The summed E-state index contributed by atoms with van der Waals surface area (Å²) in [5.41, 5.74) is 1.45. The second-order valence-corrected chi connectivity index (χ2v) is 4.72. The zero-order chi connectivity index (χ0) is 12.7. The normalized spacial score (nSPS) is 11.9. The molecule has 0 aromatic heterocycles. The average Bonchev–Trinajstić information content (AvgIpc) is 2.27. The second kappa shape index (κ2) is 6.27. The molecule has 1 heteroatoms. The van der Waals surface area contributed by atoms with Crippen LogP contribution in [0.3, 0.4) is 0 Å². The zero-order valence-electron chi connectivity index (χ0n) is 10.8. The predicted octanol–water partition coefficient (Wildman–Crippen LogP) is 3.34. The maximum Gasteiger partial charge on any atom is 0.120 e. The van der Waals surface area contributed by atoms with Gasteiger partial charge in [0.1, 0.15) is 5.60 Å². The van der Waals surface area contributed by atoms with Crippen LogP contribution in [0.5, 0.6) is 0 Å². The van der Waals surface area contributed by atoms with E-state index in [2.05, 4.69) is 42.2 Å². The van der Waals surface area contributed by atoms with Crippen molar-refractivity contribution < 1.29 is 5.11 Å². The first-order valence-corrected chi connectivity index (χ1v) is 5.93. The Hall–Kier alpha value is -1.52. The van der Waals surface area contributed by atoms with E-state index in [9.17, 15) is 5.11 Å². The lowest BCUT2D eigenvalue weighted by atomic mass is 10.1. The number of benzene rings is 1. The van der Waals surface area contributed by atoms with Gasteiger partial charge in [-0.25, -0.2) is 0 Å². The smallest absolute Gasteiger partial charge is 0.120 e. The third-order valence-electron chi connectivity index (χ3n) is 2.29. The van der Waals surface area contributed by atoms with E-state index in [1.165, 1.54) is 5.56 Å². The molecule has 0 aliphatic heterocycles. The number of aliphatic hydroxyl groups is 1. The Morgan fingerprint density at radius 3 is 2.53 bits per heavy atom. The molecule has 0 aliphatic carbocycles. The monoisotopic (exact) mass is 228 g/mol. The number of allylic oxidation sites excluding steroid dienone is 2. The summed E-state index contributed by atoms with van der Waals surface area (Å²) in [4.78, 5) is 0. The van der Waals surface area contributed by atoms with E-state index in [1.807, 2.05) is 13.0 Å². The van der Waals surface area contributed by atoms with E-state index >= 15 is 0 Å². The Bertz CT molecular complexity index is 424. The van der Waals surface area contributed by atoms with E-state index < -0.39 is 5.60 Å². The minimum atomic E-state index is -0.908. The van der Waals surface area contributed by atoms with Crippen LogP contribution in [0.1, 0.15) is 32.8 Å². The molecular formula is C16H20O. The van der Waals surface area contributed by atoms with Gasteiger partial charge in [-0.05, 0) is 44.7 Å². The van der Waals surface area contributed by atoms with Crippen molar-refractivity contribution in [2.45, 2.75) is 39.2 Å². The summed E-state index contributed by atoms with van der Waals surface area (Å²) in [6, 6.07) is 10.4. The molecule has 0 spiro atoms. The predicted molar refractivity (Wildman–Crippen MR) is 72.6 cm³/mol. The van der Waals surface area contributed by atoms with E-state index in [1.54, 1.807) is 13.8 Å². The molecule has 0 saturated heterocycles. The van der Waals surface area contributed by atoms with E-state index in [0.29, 0.717) is 0 Å². The number of aryl methyl sites for hydroxylation is 1. The van der Waals surface area contributed by atoms with Crippen LogP contribution in [0.15, 0.2) is 42.0 Å². The summed E-state index contributed by atoms with van der Waals surface area (Å²) < 4.78 is 0. The SMILES string of the molecule is C/C(C#CC(C)(C)O)=C\CCc1ccccc1. The summed E-state index contributed by atoms with van der Waals surface area (Å²) >= 11 is 0. The van der Waals surface area contributed by atoms with Gasteiger partial charge in [0.25, 0.3) is 0 Å². The van der Waals surface area contributed by atoms with Gasteiger partial charge in [0.2, 0.25) is 0 Å². The summed E-state index contributed by atoms with van der Waals surface area (Å²) in [6.07, 6.45) is 4.13. The van der Waals surface area contributed by atoms with Gasteiger partial charge in [0, 0.05) is 0 Å². The first kappa shape index (κ1) is 13.5. The second-order valence-electron chi connectivity index (χ2n) is 4.72. The molecule has 1 rings (SSSR count). The highest BCUT2D eigenvalue weighted by atomic mass is 16.3. The van der Waals surface area contributed by atoms with E-state index in [-0.39, 0.29) is 0 Å². The maximum absolute atomic E-state index is 9.47. The lowest BCUT2D eigenvalue weighted by molar-refractivity contribution is 0.143. The topological polar surface area (TPSA) is 20.2 Å². The van der Waals surface area contributed by atoms with Gasteiger partial charge < -0.3 is 5.11 Å². The van der Waals surface area contributed by atoms with Crippen LogP contribution in [-0.2, 0) is 6.42 Å². The van der Waals surface area contributed by atoms with Crippen LogP contribution in [0.2, 0.25) is 0 Å². The average molecular weight is 228 g/mol. The summed E-state index contributed by atoms with van der Waals surface area (Å²) in [7, 11) is 0. The third kappa shape index (κ3) is 6.60. The van der Waals surface area contributed by atoms with Crippen molar-refractivity contribution in [2.24, 2.45) is 0 Å². The first-order chi connectivity index (χ1) is 7.97. The zero-order valence-corrected chi connectivity index (χ0v) is 10.8. The van der Waals surface area contributed by atoms with Gasteiger partial charge in [-0.3, -0.25) is 0 Å². The van der Waals surface area contributed by atoms with Crippen molar-refractivity contribution in [3.05, 3.63) is 47.5 Å². The molecule has 0 heterocycles. The Balaban J connectivity index is 2.46. The Morgan fingerprint density at radius 1 is 1.29 bits per heavy atom. The summed E-state index contributed by atoms with van der Waals surface area (Å²) in [5, 5.41) is 9.47. The largest absolute Gasteiger partial charge is 0.378 e. The highest BCUT2D eigenvalue weighted by molar-refractivity contribution is 5.29. The van der Waals surface area contributed by atoms with Crippen LogP contribution in [0.4, 0.5) is 0 Å². The lowest BCUT2D eigenvalue weighted by Gasteiger charge is -2.05. The molecule has 0 saturated carbocycles. The molecule has 90 valence electrons. The molecule has 0 unspecified atom stereocenters. The fraction of sp³-hybridized carbons (Fsp3) is 0.375. The van der Waals surface area contributed by atoms with Gasteiger partial charge >= 0.3 is 0 Å². The van der Waals surface area contributed by atoms with Crippen molar-refractivity contribution in [2.75, 3.05) is 0 Å². The highest BCUT2D eigenvalue weighted by Crippen LogP contribution is 2.05. The molecule has 0 atom stereocenters. The molecule has 1 N–H and O–H groups in total. The van der Waals surface area contributed by atoms with Gasteiger partial charge in [-0.15, -0.1) is 0 Å². The maximum atomic E-state index is 9.47. The van der Waals surface area contributed by atoms with Gasteiger partial charge in [-0.1, -0.05) is 48.2 Å². The van der Waals surface area contributed by atoms with Crippen LogP contribution in [0, 0.1) is 11.8 Å². The number of hydrogen-bond acceptors (Lipinski definition) is 1. The Morgan fingerprint density at radius 2 is 1.94 bits per heavy atom. The highest BCUT2D eigenvalue weighted by Gasteiger charge is 2.05. The quantitative estimate of drug-likeness (QED) is 0.787. The minimum Gasteiger partial charge on any atom is -0.378 e. The van der Waals surface area contributed by atoms with Crippen molar-refractivity contribution in [1.82, 2.24) is 0 Å². The molecule has 0 bridgehead atoms. The van der Waals surface area contributed by atoms with Gasteiger partial charge in [0.15, 0.2) is 0 Å². The molecule has 1 nitrogen and oxygen atoms in total. The molecule has 1 aromatic rings. The molecule has 0 aliphatic rings. The van der Waals surface area contributed by atoms with Gasteiger partial charge in [-0.2, -0.15) is 0 Å². The van der Waals surface area contributed by atoms with Gasteiger partial charge in [0.05, 0.1) is 0 Å². The Labute approximate surface area is 104 Å². The fourth-order valence-electron chi connectivity index (χ4n) is 1.40. The fourth-order valence-corrected chi connectivity index (χ4v) is 1.40. The van der Waals surface area contributed by atoms with Crippen molar-refractivity contribution in [1.29, 1.82) is 0 Å². The molecule has 17 heavy (non-hydrogen) atoms. The summed E-state index contributed by atoms with van der Waals surface area (Å²) in [5.74, 6) is 5.78. The van der Waals surface area contributed by atoms with Crippen LogP contribution < -0.4 is 0 Å². The van der Waals surface area contributed by atoms with E-state index in [4.69, 9.17) is 0 Å². The summed E-state index contributed by atoms with van der Waals surface area (Å²) in [6.45, 7) is 5.36. The number of rotatable bonds is 3. The third-order valence-corrected chi connectivity index (χ3v) is 2.29. The standard InChI is InChI=1S/C16H20O/c1-14(12-13-16(2,3)17)8-7-11-15-9-5-4-6-10-15/h4-6,8-10,17H,7,11H2,1-3H3/b14-8+. The molecule has 0 fully saturated rings. The molecule has 0 radical (unpaired) electrons. The van der Waals surface area contributed by atoms with Crippen molar-refractivity contribution in [3.63, 3.8) is 0 Å². The van der Waals surface area contributed by atoms with Crippen molar-refractivity contribution in [3.8, 4) is 11.8 Å². The molecule has 0 amide bonds.